The minimum atomic E-state index is -0.329. The van der Waals surface area contributed by atoms with Crippen molar-refractivity contribution in [3.63, 3.8) is 0 Å². The molecule has 0 bridgehead atoms. The molecule has 1 aliphatic carbocycles. The van der Waals surface area contributed by atoms with Crippen LogP contribution in [0.2, 0.25) is 0 Å². The van der Waals surface area contributed by atoms with Crippen molar-refractivity contribution in [1.29, 1.82) is 0 Å². The van der Waals surface area contributed by atoms with Gasteiger partial charge in [-0.15, -0.1) is 5.10 Å². The van der Waals surface area contributed by atoms with Crippen molar-refractivity contribution in [2.24, 2.45) is 0 Å². The van der Waals surface area contributed by atoms with Gasteiger partial charge < -0.3 is 9.47 Å². The van der Waals surface area contributed by atoms with E-state index < -0.39 is 0 Å². The lowest BCUT2D eigenvalue weighted by atomic mass is 9.86. The summed E-state index contributed by atoms with van der Waals surface area (Å²) in [5, 5.41) is 12.1. The summed E-state index contributed by atoms with van der Waals surface area (Å²) in [6.45, 7) is 6.99. The van der Waals surface area contributed by atoms with E-state index in [1.807, 2.05) is 26.8 Å². The first-order valence-corrected chi connectivity index (χ1v) is 8.30. The number of tetrazole rings is 1. The van der Waals surface area contributed by atoms with Crippen LogP contribution in [0, 0.1) is 5.82 Å². The Morgan fingerprint density at radius 2 is 2.00 bits per heavy atom. The van der Waals surface area contributed by atoms with Gasteiger partial charge in [0, 0.05) is 12.0 Å². The van der Waals surface area contributed by atoms with Gasteiger partial charge in [-0.3, -0.25) is 0 Å². The molecular formula is C17H21FN4O2. The third-order valence-electron chi connectivity index (χ3n) is 4.42. The van der Waals surface area contributed by atoms with Gasteiger partial charge in [-0.2, -0.15) is 4.68 Å². The number of ether oxygens (including phenoxy) is 2. The molecule has 1 saturated heterocycles. The standard InChI is InChI=1S/C17H21FN4O2/c1-17(2,3)12-6-14(22-16(10-4-5-10)19-20-21-22)15(7-13(12)18)24-11-8-23-9-11/h6-7,10-11H,4-5,8-9H2,1-3H3. The summed E-state index contributed by atoms with van der Waals surface area (Å²) in [7, 11) is 0. The largest absolute Gasteiger partial charge is 0.483 e. The molecule has 24 heavy (non-hydrogen) atoms. The fourth-order valence-corrected chi connectivity index (χ4v) is 2.80. The molecule has 7 heteroatoms. The molecule has 128 valence electrons. The number of aromatic nitrogens is 4. The summed E-state index contributed by atoms with van der Waals surface area (Å²) in [4.78, 5) is 0. The van der Waals surface area contributed by atoms with Crippen LogP contribution in [-0.4, -0.2) is 39.5 Å². The maximum atomic E-state index is 14.6. The predicted octanol–water partition coefficient (Wildman–Crippen LogP) is 2.75. The highest BCUT2D eigenvalue weighted by atomic mass is 19.1. The zero-order valence-electron chi connectivity index (χ0n) is 14.1. The summed E-state index contributed by atoms with van der Waals surface area (Å²) in [5.41, 5.74) is 0.983. The molecule has 6 nitrogen and oxygen atoms in total. The number of hydrogen-bond donors (Lipinski definition) is 0. The smallest absolute Gasteiger partial charge is 0.159 e. The molecule has 2 aliphatic rings. The molecule has 1 aliphatic heterocycles. The summed E-state index contributed by atoms with van der Waals surface area (Å²) < 4.78 is 27.4. The predicted molar refractivity (Wildman–Crippen MR) is 85.0 cm³/mol. The molecular weight excluding hydrogens is 311 g/mol. The number of nitrogens with zero attached hydrogens (tertiary/aromatic N) is 4. The van der Waals surface area contributed by atoms with Crippen molar-refractivity contribution in [3.05, 3.63) is 29.3 Å². The number of benzene rings is 1. The Balaban J connectivity index is 1.82. The fourth-order valence-electron chi connectivity index (χ4n) is 2.80. The van der Waals surface area contributed by atoms with E-state index in [0.717, 1.165) is 18.7 Å². The van der Waals surface area contributed by atoms with E-state index in [1.54, 1.807) is 4.68 Å². The van der Waals surface area contributed by atoms with E-state index in [4.69, 9.17) is 9.47 Å². The van der Waals surface area contributed by atoms with E-state index in [1.165, 1.54) is 6.07 Å². The third kappa shape index (κ3) is 2.77. The van der Waals surface area contributed by atoms with Crippen molar-refractivity contribution in [2.45, 2.75) is 51.0 Å². The Hall–Kier alpha value is -2.02. The Morgan fingerprint density at radius 1 is 1.25 bits per heavy atom. The Morgan fingerprint density at radius 3 is 2.58 bits per heavy atom. The Kier molecular flexibility index (Phi) is 3.56. The summed E-state index contributed by atoms with van der Waals surface area (Å²) in [5.74, 6) is 1.38. The van der Waals surface area contributed by atoms with Gasteiger partial charge in [0.25, 0.3) is 0 Å². The van der Waals surface area contributed by atoms with Crippen molar-refractivity contribution in [1.82, 2.24) is 20.2 Å². The fraction of sp³-hybridized carbons (Fsp3) is 0.588. The molecule has 1 aromatic carbocycles. The van der Waals surface area contributed by atoms with Gasteiger partial charge in [0.15, 0.2) is 5.82 Å². The van der Waals surface area contributed by atoms with E-state index in [-0.39, 0.29) is 17.3 Å². The van der Waals surface area contributed by atoms with Gasteiger partial charge in [0.05, 0.1) is 13.2 Å². The summed E-state index contributed by atoms with van der Waals surface area (Å²) >= 11 is 0. The topological polar surface area (TPSA) is 62.1 Å². The average Bonchev–Trinajstić information content (AvgIpc) is 3.19. The quantitative estimate of drug-likeness (QED) is 0.861. The van der Waals surface area contributed by atoms with E-state index in [2.05, 4.69) is 15.5 Å². The highest BCUT2D eigenvalue weighted by molar-refractivity contribution is 5.51. The van der Waals surface area contributed by atoms with Crippen LogP contribution in [0.4, 0.5) is 4.39 Å². The molecule has 1 aromatic heterocycles. The van der Waals surface area contributed by atoms with Crippen molar-refractivity contribution >= 4 is 0 Å². The second kappa shape index (κ2) is 5.51. The van der Waals surface area contributed by atoms with E-state index in [9.17, 15) is 4.39 Å². The molecule has 0 atom stereocenters. The maximum Gasteiger partial charge on any atom is 0.159 e. The number of rotatable bonds is 4. The maximum absolute atomic E-state index is 14.6. The summed E-state index contributed by atoms with van der Waals surface area (Å²) in [6.07, 6.45) is 2.12. The van der Waals surface area contributed by atoms with Gasteiger partial charge in [-0.05, 0) is 40.3 Å². The Labute approximate surface area is 140 Å². The van der Waals surface area contributed by atoms with Crippen LogP contribution >= 0.6 is 0 Å². The summed E-state index contributed by atoms with van der Waals surface area (Å²) in [6, 6.07) is 3.26. The van der Waals surface area contributed by atoms with Gasteiger partial charge in [0.1, 0.15) is 23.4 Å². The molecule has 0 unspecified atom stereocenters. The van der Waals surface area contributed by atoms with Crippen LogP contribution in [-0.2, 0) is 10.2 Å². The first kappa shape index (κ1) is 15.5. The average molecular weight is 332 g/mol. The van der Waals surface area contributed by atoms with Crippen molar-refractivity contribution in [2.75, 3.05) is 13.2 Å². The second-order valence-electron chi connectivity index (χ2n) is 7.55. The van der Waals surface area contributed by atoms with Crippen LogP contribution < -0.4 is 4.74 Å². The molecule has 4 rings (SSSR count). The van der Waals surface area contributed by atoms with Crippen LogP contribution in [0.3, 0.4) is 0 Å². The van der Waals surface area contributed by atoms with Gasteiger partial charge in [-0.1, -0.05) is 20.8 Å². The molecule has 0 spiro atoms. The molecule has 2 fully saturated rings. The van der Waals surface area contributed by atoms with E-state index in [0.29, 0.717) is 36.1 Å². The highest BCUT2D eigenvalue weighted by Gasteiger charge is 2.32. The molecule has 0 N–H and O–H groups in total. The molecule has 2 aromatic rings. The zero-order chi connectivity index (χ0) is 16.9. The van der Waals surface area contributed by atoms with E-state index >= 15 is 0 Å². The third-order valence-corrected chi connectivity index (χ3v) is 4.42. The van der Waals surface area contributed by atoms with Crippen LogP contribution in [0.1, 0.15) is 50.9 Å². The van der Waals surface area contributed by atoms with Crippen LogP contribution in [0.5, 0.6) is 5.75 Å². The lowest BCUT2D eigenvalue weighted by Crippen LogP contribution is -2.38. The minimum absolute atomic E-state index is 0.0514. The van der Waals surface area contributed by atoms with Gasteiger partial charge in [-0.25, -0.2) is 4.39 Å². The molecule has 0 radical (unpaired) electrons. The van der Waals surface area contributed by atoms with Crippen LogP contribution in [0.15, 0.2) is 12.1 Å². The van der Waals surface area contributed by atoms with Crippen LogP contribution in [0.25, 0.3) is 5.69 Å². The highest BCUT2D eigenvalue weighted by Crippen LogP contribution is 2.41. The van der Waals surface area contributed by atoms with Crippen molar-refractivity contribution < 1.29 is 13.9 Å². The Bertz CT molecular complexity index is 760. The minimum Gasteiger partial charge on any atom is -0.483 e. The lowest BCUT2D eigenvalue weighted by Gasteiger charge is -2.29. The first-order valence-electron chi connectivity index (χ1n) is 8.30. The second-order valence-corrected chi connectivity index (χ2v) is 7.55. The normalized spacial score (nSPS) is 18.5. The first-order chi connectivity index (χ1) is 11.4. The monoisotopic (exact) mass is 332 g/mol. The number of hydrogen-bond acceptors (Lipinski definition) is 5. The zero-order valence-corrected chi connectivity index (χ0v) is 14.1. The molecule has 0 amide bonds. The van der Waals surface area contributed by atoms with Gasteiger partial charge >= 0.3 is 0 Å². The number of halogens is 1. The molecule has 2 heterocycles. The lowest BCUT2D eigenvalue weighted by molar-refractivity contribution is -0.0798. The molecule has 1 saturated carbocycles. The SMILES string of the molecule is CC(C)(C)c1cc(-n2nnnc2C2CC2)c(OC2COC2)cc1F. The van der Waals surface area contributed by atoms with Gasteiger partial charge in [0.2, 0.25) is 0 Å². The van der Waals surface area contributed by atoms with Crippen molar-refractivity contribution in [3.8, 4) is 11.4 Å².